The van der Waals surface area contributed by atoms with E-state index in [1.165, 1.54) is 4.90 Å². The zero-order valence-electron chi connectivity index (χ0n) is 12.3. The fraction of sp³-hybridized carbons (Fsp3) is 0.235. The zero-order valence-corrected chi connectivity index (χ0v) is 13.9. The van der Waals surface area contributed by atoms with E-state index in [1.807, 2.05) is 54.2 Å². The largest absolute Gasteiger partial charge is 0.373 e. The summed E-state index contributed by atoms with van der Waals surface area (Å²) < 4.78 is 0. The van der Waals surface area contributed by atoms with Gasteiger partial charge in [-0.3, -0.25) is 4.79 Å². The van der Waals surface area contributed by atoms with Crippen molar-refractivity contribution in [2.75, 3.05) is 24.2 Å². The van der Waals surface area contributed by atoms with Gasteiger partial charge in [0.2, 0.25) is 0 Å². The molecule has 114 valence electrons. The maximum absolute atomic E-state index is 12.3. The number of anilines is 1. The van der Waals surface area contributed by atoms with E-state index in [4.69, 9.17) is 11.6 Å². The van der Waals surface area contributed by atoms with Gasteiger partial charge in [-0.1, -0.05) is 23.7 Å². The second-order valence-electron chi connectivity index (χ2n) is 5.26. The molecule has 2 aromatic carbocycles. The number of carbonyl (C=O) groups is 1. The third-order valence-corrected chi connectivity index (χ3v) is 4.98. The molecule has 0 radical (unpaired) electrons. The third-order valence-electron chi connectivity index (χ3n) is 3.68. The molecule has 0 spiro atoms. The summed E-state index contributed by atoms with van der Waals surface area (Å²) in [6.45, 7) is 1.51. The van der Waals surface area contributed by atoms with Crippen LogP contribution in [0.15, 0.2) is 47.4 Å². The Morgan fingerprint density at radius 3 is 2.82 bits per heavy atom. The third kappa shape index (κ3) is 3.39. The molecular weight excluding hydrogens is 316 g/mol. The molecule has 0 saturated heterocycles. The highest BCUT2D eigenvalue weighted by molar-refractivity contribution is 7.99. The van der Waals surface area contributed by atoms with E-state index in [9.17, 15) is 4.79 Å². The Morgan fingerprint density at radius 2 is 2.05 bits per heavy atom. The van der Waals surface area contributed by atoms with E-state index < -0.39 is 0 Å². The van der Waals surface area contributed by atoms with Gasteiger partial charge in [-0.25, -0.2) is 0 Å². The lowest BCUT2D eigenvalue weighted by atomic mass is 10.1. The van der Waals surface area contributed by atoms with E-state index in [2.05, 4.69) is 17.3 Å². The van der Waals surface area contributed by atoms with Crippen molar-refractivity contribution in [2.45, 2.75) is 11.4 Å². The van der Waals surface area contributed by atoms with Crippen molar-refractivity contribution in [3.63, 3.8) is 0 Å². The van der Waals surface area contributed by atoms with Gasteiger partial charge in [-0.15, -0.1) is 11.8 Å². The molecule has 1 amide bonds. The molecule has 22 heavy (non-hydrogen) atoms. The summed E-state index contributed by atoms with van der Waals surface area (Å²) in [6, 6.07) is 13.4. The number of nitrogens with zero attached hydrogens (tertiary/aromatic N) is 1. The first kappa shape index (κ1) is 15.3. The Kier molecular flexibility index (Phi) is 4.60. The molecule has 0 atom stereocenters. The molecule has 3 nitrogen and oxygen atoms in total. The van der Waals surface area contributed by atoms with Crippen molar-refractivity contribution in [3.8, 4) is 0 Å². The molecule has 1 aliphatic heterocycles. The van der Waals surface area contributed by atoms with Crippen molar-refractivity contribution >= 4 is 35.0 Å². The van der Waals surface area contributed by atoms with Crippen LogP contribution in [0.25, 0.3) is 0 Å². The molecule has 1 aliphatic rings. The van der Waals surface area contributed by atoms with Crippen molar-refractivity contribution < 1.29 is 4.79 Å². The molecule has 0 bridgehead atoms. The number of hydrogen-bond acceptors (Lipinski definition) is 3. The van der Waals surface area contributed by atoms with Crippen LogP contribution in [-0.2, 0) is 6.54 Å². The Hall–Kier alpha value is -1.65. The number of thioether (sulfide) groups is 1. The van der Waals surface area contributed by atoms with Gasteiger partial charge in [-0.2, -0.15) is 0 Å². The molecule has 1 heterocycles. The monoisotopic (exact) mass is 332 g/mol. The number of halogens is 1. The first-order valence-corrected chi connectivity index (χ1v) is 8.50. The van der Waals surface area contributed by atoms with Crippen molar-refractivity contribution in [2.24, 2.45) is 0 Å². The lowest BCUT2D eigenvalue weighted by Gasteiger charge is -2.27. The summed E-state index contributed by atoms with van der Waals surface area (Å²) in [7, 11) is 2.06. The van der Waals surface area contributed by atoms with Gasteiger partial charge in [0.15, 0.2) is 0 Å². The minimum Gasteiger partial charge on any atom is -0.373 e. The fourth-order valence-corrected chi connectivity index (χ4v) is 3.62. The van der Waals surface area contributed by atoms with Gasteiger partial charge >= 0.3 is 0 Å². The average molecular weight is 333 g/mol. The number of fused-ring (bicyclic) bond motifs is 1. The van der Waals surface area contributed by atoms with Gasteiger partial charge in [-0.05, 0) is 35.9 Å². The maximum atomic E-state index is 12.3. The van der Waals surface area contributed by atoms with Gasteiger partial charge in [0.25, 0.3) is 5.91 Å². The van der Waals surface area contributed by atoms with E-state index in [0.717, 1.165) is 23.5 Å². The standard InChI is InChI=1S/C17H17ClN2OS/c1-20-8-9-22-16-7-4-13(10-15(16)20)17(21)19-11-12-2-5-14(18)6-3-12/h2-7,10H,8-9,11H2,1H3,(H,19,21). The van der Waals surface area contributed by atoms with Crippen molar-refractivity contribution in [3.05, 3.63) is 58.6 Å². The van der Waals surface area contributed by atoms with Crippen LogP contribution < -0.4 is 10.2 Å². The number of rotatable bonds is 3. The summed E-state index contributed by atoms with van der Waals surface area (Å²) >= 11 is 7.70. The molecule has 0 aromatic heterocycles. The van der Waals surface area contributed by atoms with E-state index in [0.29, 0.717) is 17.1 Å². The molecule has 5 heteroatoms. The smallest absolute Gasteiger partial charge is 0.251 e. The first-order valence-electron chi connectivity index (χ1n) is 7.14. The van der Waals surface area contributed by atoms with E-state index >= 15 is 0 Å². The zero-order chi connectivity index (χ0) is 15.5. The minimum absolute atomic E-state index is 0.0540. The molecular formula is C17H17ClN2OS. The topological polar surface area (TPSA) is 32.3 Å². The van der Waals surface area contributed by atoms with Crippen LogP contribution in [0.1, 0.15) is 15.9 Å². The molecule has 0 saturated carbocycles. The fourth-order valence-electron chi connectivity index (χ4n) is 2.38. The molecule has 0 fully saturated rings. The Labute approximate surface area is 139 Å². The molecule has 3 rings (SSSR count). The van der Waals surface area contributed by atoms with Gasteiger partial charge in [0.1, 0.15) is 0 Å². The summed E-state index contributed by atoms with van der Waals surface area (Å²) in [5.74, 6) is 1.03. The molecule has 0 unspecified atom stereocenters. The first-order chi connectivity index (χ1) is 10.6. The van der Waals surface area contributed by atoms with Crippen LogP contribution >= 0.6 is 23.4 Å². The second kappa shape index (κ2) is 6.63. The number of amides is 1. The maximum Gasteiger partial charge on any atom is 0.251 e. The van der Waals surface area contributed by atoms with Crippen LogP contribution in [0.2, 0.25) is 5.02 Å². The number of carbonyl (C=O) groups excluding carboxylic acids is 1. The Balaban J connectivity index is 1.70. The predicted molar refractivity (Wildman–Crippen MR) is 93.1 cm³/mol. The molecule has 1 N–H and O–H groups in total. The average Bonchev–Trinajstić information content (AvgIpc) is 2.54. The number of benzene rings is 2. The highest BCUT2D eigenvalue weighted by Crippen LogP contribution is 2.34. The highest BCUT2D eigenvalue weighted by atomic mass is 35.5. The molecule has 0 aliphatic carbocycles. The highest BCUT2D eigenvalue weighted by Gasteiger charge is 2.16. The quantitative estimate of drug-likeness (QED) is 0.927. The van der Waals surface area contributed by atoms with E-state index in [-0.39, 0.29) is 5.91 Å². The van der Waals surface area contributed by atoms with Gasteiger partial charge < -0.3 is 10.2 Å². The number of nitrogens with one attached hydrogen (secondary N) is 1. The van der Waals surface area contributed by atoms with Gasteiger partial charge in [0.05, 0.1) is 5.69 Å². The normalized spacial score (nSPS) is 13.6. The van der Waals surface area contributed by atoms with Crippen molar-refractivity contribution in [1.29, 1.82) is 0 Å². The van der Waals surface area contributed by atoms with Crippen molar-refractivity contribution in [1.82, 2.24) is 5.32 Å². The van der Waals surface area contributed by atoms with E-state index in [1.54, 1.807) is 0 Å². The van der Waals surface area contributed by atoms with Crippen LogP contribution in [0.3, 0.4) is 0 Å². The molecule has 2 aromatic rings. The Bertz CT molecular complexity index is 688. The summed E-state index contributed by atoms with van der Waals surface area (Å²) in [4.78, 5) is 15.8. The minimum atomic E-state index is -0.0540. The lowest BCUT2D eigenvalue weighted by Crippen LogP contribution is -2.26. The van der Waals surface area contributed by atoms with Crippen LogP contribution in [0.5, 0.6) is 0 Å². The van der Waals surface area contributed by atoms with Crippen LogP contribution in [0, 0.1) is 0 Å². The summed E-state index contributed by atoms with van der Waals surface area (Å²) in [6.07, 6.45) is 0. The number of hydrogen-bond donors (Lipinski definition) is 1. The van der Waals surface area contributed by atoms with Crippen LogP contribution in [0.4, 0.5) is 5.69 Å². The summed E-state index contributed by atoms with van der Waals surface area (Å²) in [5.41, 5.74) is 2.86. The second-order valence-corrected chi connectivity index (χ2v) is 6.83. The predicted octanol–water partition coefficient (Wildman–Crippen LogP) is 3.81. The Morgan fingerprint density at radius 1 is 1.27 bits per heavy atom. The van der Waals surface area contributed by atoms with Crippen LogP contribution in [-0.4, -0.2) is 25.3 Å². The SMILES string of the molecule is CN1CCSc2ccc(C(=O)NCc3ccc(Cl)cc3)cc21. The lowest BCUT2D eigenvalue weighted by molar-refractivity contribution is 0.0951. The van der Waals surface area contributed by atoms with Gasteiger partial charge in [0, 0.05) is 41.4 Å². The summed E-state index contributed by atoms with van der Waals surface area (Å²) in [5, 5.41) is 3.65.